The van der Waals surface area contributed by atoms with Crippen LogP contribution < -0.4 is 5.32 Å². The van der Waals surface area contributed by atoms with Crippen LogP contribution in [0.25, 0.3) is 0 Å². The van der Waals surface area contributed by atoms with Crippen molar-refractivity contribution in [3.05, 3.63) is 0 Å². The summed E-state index contributed by atoms with van der Waals surface area (Å²) in [5.74, 6) is 0.299. The van der Waals surface area contributed by atoms with Gasteiger partial charge in [-0.3, -0.25) is 9.69 Å². The molecule has 0 radical (unpaired) electrons. The van der Waals surface area contributed by atoms with Gasteiger partial charge in [-0.15, -0.1) is 0 Å². The van der Waals surface area contributed by atoms with Crippen LogP contribution in [0.5, 0.6) is 0 Å². The number of hydrogen-bond donors (Lipinski definition) is 1. The van der Waals surface area contributed by atoms with Gasteiger partial charge in [-0.2, -0.15) is 0 Å². The molecule has 0 aromatic rings. The fraction of sp³-hybridized carbons (Fsp3) is 0.889. The van der Waals surface area contributed by atoms with Crippen molar-refractivity contribution in [2.45, 2.75) is 46.6 Å². The Bertz CT molecular complexity index is 413. The molecule has 1 fully saturated rings. The van der Waals surface area contributed by atoms with E-state index in [1.54, 1.807) is 20.8 Å². The molecule has 146 valence electrons. The number of esters is 1. The van der Waals surface area contributed by atoms with Crippen molar-refractivity contribution in [2.24, 2.45) is 5.92 Å². The highest BCUT2D eigenvalue weighted by atomic mass is 16.6. The van der Waals surface area contributed by atoms with Crippen molar-refractivity contribution >= 4 is 12.1 Å². The highest BCUT2D eigenvalue weighted by molar-refractivity contribution is 5.77. The SMILES string of the molecule is CC(C)CCN1CCN(CCOC(=O)CNC(=O)OC(C)(C)C)CC1. The van der Waals surface area contributed by atoms with Crippen LogP contribution in [-0.4, -0.2) is 79.9 Å². The molecule has 0 unspecified atom stereocenters. The van der Waals surface area contributed by atoms with Crippen LogP contribution >= 0.6 is 0 Å². The van der Waals surface area contributed by atoms with E-state index in [-0.39, 0.29) is 6.54 Å². The Morgan fingerprint density at radius 3 is 2.12 bits per heavy atom. The van der Waals surface area contributed by atoms with E-state index in [1.165, 1.54) is 6.42 Å². The monoisotopic (exact) mass is 357 g/mol. The zero-order valence-corrected chi connectivity index (χ0v) is 16.5. The second kappa shape index (κ2) is 10.6. The van der Waals surface area contributed by atoms with Crippen LogP contribution in [0.1, 0.15) is 41.0 Å². The Morgan fingerprint density at radius 1 is 1.04 bits per heavy atom. The molecular formula is C18H35N3O4. The minimum atomic E-state index is -0.609. The van der Waals surface area contributed by atoms with Crippen molar-refractivity contribution in [1.82, 2.24) is 15.1 Å². The molecule has 0 aliphatic carbocycles. The maximum atomic E-state index is 11.6. The molecule has 0 bridgehead atoms. The first-order valence-electron chi connectivity index (χ1n) is 9.23. The van der Waals surface area contributed by atoms with Gasteiger partial charge >= 0.3 is 12.1 Å². The molecule has 7 nitrogen and oxygen atoms in total. The molecule has 1 saturated heterocycles. The zero-order valence-electron chi connectivity index (χ0n) is 16.5. The summed E-state index contributed by atoms with van der Waals surface area (Å²) in [5.41, 5.74) is -0.578. The van der Waals surface area contributed by atoms with Gasteiger partial charge in [0.1, 0.15) is 18.8 Å². The quantitative estimate of drug-likeness (QED) is 0.667. The third-order valence-electron chi connectivity index (χ3n) is 3.93. The van der Waals surface area contributed by atoms with Crippen LogP contribution in [0, 0.1) is 5.92 Å². The lowest BCUT2D eigenvalue weighted by Crippen LogP contribution is -2.47. The third kappa shape index (κ3) is 11.0. The number of ether oxygens (including phenoxy) is 2. The highest BCUT2D eigenvalue weighted by Gasteiger charge is 2.18. The van der Waals surface area contributed by atoms with E-state index in [4.69, 9.17) is 9.47 Å². The number of amides is 1. The summed E-state index contributed by atoms with van der Waals surface area (Å²) in [7, 11) is 0. The Kier molecular flexibility index (Phi) is 9.21. The maximum absolute atomic E-state index is 11.6. The largest absolute Gasteiger partial charge is 0.463 e. The second-order valence-corrected chi connectivity index (χ2v) is 7.94. The summed E-state index contributed by atoms with van der Waals surface area (Å²) in [6, 6.07) is 0. The molecule has 1 heterocycles. The predicted octanol–water partition coefficient (Wildman–Crippen LogP) is 1.72. The lowest BCUT2D eigenvalue weighted by Gasteiger charge is -2.34. The molecule has 1 aliphatic rings. The Labute approximate surface area is 152 Å². The number of nitrogens with zero attached hydrogens (tertiary/aromatic N) is 2. The van der Waals surface area contributed by atoms with Crippen molar-refractivity contribution in [1.29, 1.82) is 0 Å². The minimum absolute atomic E-state index is 0.169. The summed E-state index contributed by atoms with van der Waals surface area (Å²) < 4.78 is 10.2. The molecule has 1 N–H and O–H groups in total. The van der Waals surface area contributed by atoms with E-state index in [9.17, 15) is 9.59 Å². The summed E-state index contributed by atoms with van der Waals surface area (Å²) >= 11 is 0. The third-order valence-corrected chi connectivity index (χ3v) is 3.93. The average molecular weight is 357 g/mol. The van der Waals surface area contributed by atoms with Crippen LogP contribution in [0.4, 0.5) is 4.79 Å². The van der Waals surface area contributed by atoms with Gasteiger partial charge in [0.15, 0.2) is 0 Å². The van der Waals surface area contributed by atoms with Gasteiger partial charge in [-0.05, 0) is 39.7 Å². The smallest absolute Gasteiger partial charge is 0.408 e. The van der Waals surface area contributed by atoms with Gasteiger partial charge in [0.05, 0.1) is 0 Å². The van der Waals surface area contributed by atoms with Crippen LogP contribution in [0.3, 0.4) is 0 Å². The summed E-state index contributed by atoms with van der Waals surface area (Å²) in [5, 5.41) is 2.40. The van der Waals surface area contributed by atoms with Crippen molar-refractivity contribution in [2.75, 3.05) is 52.4 Å². The van der Waals surface area contributed by atoms with E-state index < -0.39 is 17.7 Å². The van der Waals surface area contributed by atoms with Crippen LogP contribution in [0.2, 0.25) is 0 Å². The Balaban J connectivity index is 2.07. The number of rotatable bonds is 8. The fourth-order valence-corrected chi connectivity index (χ4v) is 2.48. The molecule has 25 heavy (non-hydrogen) atoms. The normalized spacial score (nSPS) is 16.7. The molecule has 1 rings (SSSR count). The average Bonchev–Trinajstić information content (AvgIpc) is 2.50. The molecule has 0 saturated carbocycles. The first-order chi connectivity index (χ1) is 11.7. The van der Waals surface area contributed by atoms with E-state index in [2.05, 4.69) is 29.0 Å². The van der Waals surface area contributed by atoms with Crippen molar-refractivity contribution in [3.8, 4) is 0 Å². The first-order valence-corrected chi connectivity index (χ1v) is 9.23. The van der Waals surface area contributed by atoms with Gasteiger partial charge in [0.25, 0.3) is 0 Å². The van der Waals surface area contributed by atoms with E-state index in [0.717, 1.165) is 45.2 Å². The molecule has 1 aliphatic heterocycles. The Hall–Kier alpha value is -1.34. The van der Waals surface area contributed by atoms with E-state index >= 15 is 0 Å². The van der Waals surface area contributed by atoms with Crippen LogP contribution in [0.15, 0.2) is 0 Å². The van der Waals surface area contributed by atoms with Gasteiger partial charge in [-0.25, -0.2) is 4.79 Å². The van der Waals surface area contributed by atoms with Gasteiger partial charge in [0, 0.05) is 32.7 Å². The number of carbonyl (C=O) groups is 2. The molecule has 0 spiro atoms. The number of carbonyl (C=O) groups excluding carboxylic acids is 2. The number of hydrogen-bond acceptors (Lipinski definition) is 6. The fourth-order valence-electron chi connectivity index (χ4n) is 2.48. The van der Waals surface area contributed by atoms with E-state index in [0.29, 0.717) is 6.61 Å². The topological polar surface area (TPSA) is 71.1 Å². The zero-order chi connectivity index (χ0) is 18.9. The second-order valence-electron chi connectivity index (χ2n) is 7.94. The summed E-state index contributed by atoms with van der Waals surface area (Å²) in [6.45, 7) is 16.0. The van der Waals surface area contributed by atoms with E-state index in [1.807, 2.05) is 0 Å². The number of piperazine rings is 1. The molecule has 1 amide bonds. The molecule has 0 aromatic carbocycles. The van der Waals surface area contributed by atoms with Crippen LogP contribution in [-0.2, 0) is 14.3 Å². The molecule has 7 heteroatoms. The predicted molar refractivity (Wildman–Crippen MR) is 97.5 cm³/mol. The number of nitrogens with one attached hydrogen (secondary N) is 1. The van der Waals surface area contributed by atoms with Gasteiger partial charge in [0.2, 0.25) is 0 Å². The Morgan fingerprint density at radius 2 is 1.60 bits per heavy atom. The summed E-state index contributed by atoms with van der Waals surface area (Å²) in [6.07, 6.45) is 0.629. The van der Waals surface area contributed by atoms with Crippen molar-refractivity contribution in [3.63, 3.8) is 0 Å². The lowest BCUT2D eigenvalue weighted by molar-refractivity contribution is -0.143. The molecular weight excluding hydrogens is 322 g/mol. The summed E-state index contributed by atoms with van der Waals surface area (Å²) in [4.78, 5) is 27.9. The van der Waals surface area contributed by atoms with Gasteiger partial charge in [-0.1, -0.05) is 13.8 Å². The first kappa shape index (κ1) is 21.7. The maximum Gasteiger partial charge on any atom is 0.408 e. The standard InChI is InChI=1S/C18H35N3O4/c1-15(2)6-7-20-8-10-21(11-9-20)12-13-24-16(22)14-19-17(23)25-18(3,4)5/h15H,6-14H2,1-5H3,(H,19,23). The number of alkyl carbamates (subject to hydrolysis) is 1. The van der Waals surface area contributed by atoms with Crippen molar-refractivity contribution < 1.29 is 19.1 Å². The molecule has 0 aromatic heterocycles. The lowest BCUT2D eigenvalue weighted by atomic mass is 10.1. The minimum Gasteiger partial charge on any atom is -0.463 e. The highest BCUT2D eigenvalue weighted by Crippen LogP contribution is 2.07. The molecule has 0 atom stereocenters. The van der Waals surface area contributed by atoms with Gasteiger partial charge < -0.3 is 19.7 Å².